The van der Waals surface area contributed by atoms with Crippen LogP contribution in [-0.4, -0.2) is 27.5 Å². The van der Waals surface area contributed by atoms with Crippen molar-refractivity contribution in [3.05, 3.63) is 59.8 Å². The van der Waals surface area contributed by atoms with Crippen molar-refractivity contribution in [2.24, 2.45) is 0 Å². The summed E-state index contributed by atoms with van der Waals surface area (Å²) in [4.78, 5) is 32.0. The van der Waals surface area contributed by atoms with Gasteiger partial charge < -0.3 is 0 Å². The minimum Gasteiger partial charge on any atom is -0.295 e. The highest BCUT2D eigenvalue weighted by molar-refractivity contribution is 5.97. The van der Waals surface area contributed by atoms with Crippen LogP contribution in [0.15, 0.2) is 48.5 Å². The zero-order valence-corrected chi connectivity index (χ0v) is 15.7. The number of ketones is 2. The highest BCUT2D eigenvalue weighted by atomic mass is 19.3. The van der Waals surface area contributed by atoms with E-state index in [2.05, 4.69) is 9.97 Å². The molecule has 144 valence electrons. The van der Waals surface area contributed by atoms with E-state index in [1.165, 1.54) is 6.92 Å². The van der Waals surface area contributed by atoms with Gasteiger partial charge in [0.25, 0.3) is 0 Å². The first-order valence-electron chi connectivity index (χ1n) is 9.04. The minimum atomic E-state index is -3.33. The lowest BCUT2D eigenvalue weighted by Crippen LogP contribution is -2.25. The Balaban J connectivity index is 2.01. The first kappa shape index (κ1) is 19.7. The maximum atomic E-state index is 13.6. The van der Waals surface area contributed by atoms with Crippen LogP contribution in [0.5, 0.6) is 0 Å². The molecule has 0 aliphatic heterocycles. The largest absolute Gasteiger partial charge is 0.305 e. The maximum absolute atomic E-state index is 13.6. The van der Waals surface area contributed by atoms with Crippen molar-refractivity contribution in [3.8, 4) is 11.3 Å². The van der Waals surface area contributed by atoms with E-state index < -0.39 is 18.1 Å². The predicted molar refractivity (Wildman–Crippen MR) is 104 cm³/mol. The lowest BCUT2D eigenvalue weighted by molar-refractivity contribution is -0.141. The number of benzene rings is 2. The first-order chi connectivity index (χ1) is 13.3. The van der Waals surface area contributed by atoms with Crippen LogP contribution in [0.3, 0.4) is 0 Å². The Morgan fingerprint density at radius 2 is 1.68 bits per heavy atom. The minimum absolute atomic E-state index is 0.0847. The Hall–Kier alpha value is -3.02. The van der Waals surface area contributed by atoms with Gasteiger partial charge in [-0.3, -0.25) is 9.59 Å². The summed E-state index contributed by atoms with van der Waals surface area (Å²) in [5.41, 5.74) is 3.71. The predicted octanol–water partition coefficient (Wildman–Crippen LogP) is 5.05. The van der Waals surface area contributed by atoms with Crippen LogP contribution >= 0.6 is 0 Å². The molecule has 1 aromatic heterocycles. The van der Waals surface area contributed by atoms with Crippen LogP contribution in [-0.2, 0) is 11.2 Å². The van der Waals surface area contributed by atoms with Gasteiger partial charge in [0.1, 0.15) is 0 Å². The third-order valence-corrected chi connectivity index (χ3v) is 4.61. The number of Topliss-reactive ketones (excluding diaryl/α,β-unsaturated/α-hetero) is 2. The third-order valence-electron chi connectivity index (χ3n) is 4.61. The molecule has 0 saturated carbocycles. The van der Waals surface area contributed by atoms with Crippen LogP contribution in [0.4, 0.5) is 8.78 Å². The number of nitrogens with zero attached hydrogens (tertiary/aromatic N) is 2. The number of hydrogen-bond acceptors (Lipinski definition) is 4. The van der Waals surface area contributed by atoms with Gasteiger partial charge >= 0.3 is 5.92 Å². The van der Waals surface area contributed by atoms with E-state index in [1.807, 2.05) is 30.3 Å². The first-order valence-corrected chi connectivity index (χ1v) is 9.04. The zero-order valence-electron chi connectivity index (χ0n) is 15.7. The number of halogens is 2. The third kappa shape index (κ3) is 4.27. The van der Waals surface area contributed by atoms with E-state index >= 15 is 0 Å². The molecule has 0 radical (unpaired) electrons. The summed E-state index contributed by atoms with van der Waals surface area (Å²) in [6.45, 7) is 2.37. The van der Waals surface area contributed by atoms with Crippen LogP contribution in [0.25, 0.3) is 22.3 Å². The lowest BCUT2D eigenvalue weighted by atomic mass is 10.0. The van der Waals surface area contributed by atoms with Crippen molar-refractivity contribution in [1.82, 2.24) is 9.97 Å². The standard InChI is InChI=1S/C22H20F2N2O2/c1-14(27)17-10-11-18-20(13-17)25-19(9-6-12-22(23,24)15(2)28)21(26-18)16-7-4-3-5-8-16/h3-5,7-8,10-11,13H,6,9,12H2,1-2H3. The summed E-state index contributed by atoms with van der Waals surface area (Å²) < 4.78 is 27.3. The Kier molecular flexibility index (Phi) is 5.58. The van der Waals surface area contributed by atoms with Crippen LogP contribution in [0.2, 0.25) is 0 Å². The van der Waals surface area contributed by atoms with Gasteiger partial charge in [0.2, 0.25) is 0 Å². The monoisotopic (exact) mass is 382 g/mol. The molecule has 3 rings (SSSR count). The van der Waals surface area contributed by atoms with Crippen molar-refractivity contribution < 1.29 is 18.4 Å². The maximum Gasteiger partial charge on any atom is 0.305 e. The molecule has 3 aromatic rings. The quantitative estimate of drug-likeness (QED) is 0.537. The molecule has 0 saturated heterocycles. The molecule has 0 unspecified atom stereocenters. The molecule has 0 N–H and O–H groups in total. The second kappa shape index (κ2) is 7.92. The highest BCUT2D eigenvalue weighted by Gasteiger charge is 2.34. The molecule has 0 fully saturated rings. The number of aryl methyl sites for hydroxylation is 1. The van der Waals surface area contributed by atoms with Gasteiger partial charge in [0.05, 0.1) is 22.4 Å². The summed E-state index contributed by atoms with van der Waals surface area (Å²) in [5.74, 6) is -4.55. The van der Waals surface area contributed by atoms with Gasteiger partial charge in [-0.15, -0.1) is 0 Å². The van der Waals surface area contributed by atoms with E-state index in [0.29, 0.717) is 28.0 Å². The summed E-state index contributed by atoms with van der Waals surface area (Å²) in [7, 11) is 0. The van der Waals surface area contributed by atoms with Crippen molar-refractivity contribution in [2.45, 2.75) is 39.0 Å². The molecule has 1 heterocycles. The summed E-state index contributed by atoms with van der Waals surface area (Å²) in [6.07, 6.45) is -0.191. The topological polar surface area (TPSA) is 59.9 Å². The normalized spacial score (nSPS) is 11.6. The molecule has 28 heavy (non-hydrogen) atoms. The Bertz CT molecular complexity index is 1030. The number of rotatable bonds is 7. The fourth-order valence-corrected chi connectivity index (χ4v) is 2.97. The molecule has 0 atom stereocenters. The number of carbonyl (C=O) groups excluding carboxylic acids is 2. The number of aromatic nitrogens is 2. The van der Waals surface area contributed by atoms with E-state index in [4.69, 9.17) is 0 Å². The fraction of sp³-hybridized carbons (Fsp3) is 0.273. The van der Waals surface area contributed by atoms with Gasteiger partial charge in [-0.1, -0.05) is 30.3 Å². The van der Waals surface area contributed by atoms with Gasteiger partial charge in [-0.05, 0) is 38.0 Å². The Morgan fingerprint density at radius 3 is 2.32 bits per heavy atom. The average molecular weight is 382 g/mol. The van der Waals surface area contributed by atoms with Crippen LogP contribution in [0.1, 0.15) is 42.7 Å². The molecular weight excluding hydrogens is 362 g/mol. The Labute approximate surface area is 161 Å². The summed E-state index contributed by atoms with van der Waals surface area (Å²) in [5, 5.41) is 0. The second-order valence-corrected chi connectivity index (χ2v) is 6.76. The number of fused-ring (bicyclic) bond motifs is 1. The fourth-order valence-electron chi connectivity index (χ4n) is 2.97. The van der Waals surface area contributed by atoms with Gasteiger partial charge in [0, 0.05) is 24.5 Å². The number of alkyl halides is 2. The van der Waals surface area contributed by atoms with Crippen LogP contribution in [0, 0.1) is 0 Å². The van der Waals surface area contributed by atoms with Crippen LogP contribution < -0.4 is 0 Å². The molecule has 0 aliphatic rings. The number of carbonyl (C=O) groups is 2. The molecular formula is C22H20F2N2O2. The molecule has 0 aliphatic carbocycles. The van der Waals surface area contributed by atoms with Crippen molar-refractivity contribution in [3.63, 3.8) is 0 Å². The van der Waals surface area contributed by atoms with Gasteiger partial charge in [-0.25, -0.2) is 9.97 Å². The summed E-state index contributed by atoms with van der Waals surface area (Å²) in [6, 6.07) is 14.5. The smallest absolute Gasteiger partial charge is 0.295 e. The molecule has 4 nitrogen and oxygen atoms in total. The molecule has 0 spiro atoms. The van der Waals surface area contributed by atoms with Crippen molar-refractivity contribution >= 4 is 22.6 Å². The highest BCUT2D eigenvalue weighted by Crippen LogP contribution is 2.27. The van der Waals surface area contributed by atoms with Crippen molar-refractivity contribution in [1.29, 1.82) is 0 Å². The SMILES string of the molecule is CC(=O)c1ccc2nc(-c3ccccc3)c(CCCC(F)(F)C(C)=O)nc2c1. The lowest BCUT2D eigenvalue weighted by Gasteiger charge is -2.14. The molecule has 0 amide bonds. The van der Waals surface area contributed by atoms with Crippen molar-refractivity contribution in [2.75, 3.05) is 0 Å². The van der Waals surface area contributed by atoms with E-state index in [-0.39, 0.29) is 18.6 Å². The van der Waals surface area contributed by atoms with E-state index in [1.54, 1.807) is 18.2 Å². The zero-order chi connectivity index (χ0) is 20.3. The summed E-state index contributed by atoms with van der Waals surface area (Å²) >= 11 is 0. The van der Waals surface area contributed by atoms with E-state index in [0.717, 1.165) is 12.5 Å². The molecule has 0 bridgehead atoms. The van der Waals surface area contributed by atoms with Gasteiger partial charge in [0.15, 0.2) is 11.6 Å². The molecule has 6 heteroatoms. The van der Waals surface area contributed by atoms with Gasteiger partial charge in [-0.2, -0.15) is 8.78 Å². The Morgan fingerprint density at radius 1 is 0.964 bits per heavy atom. The number of hydrogen-bond donors (Lipinski definition) is 0. The molecule has 2 aromatic carbocycles. The second-order valence-electron chi connectivity index (χ2n) is 6.76. The average Bonchev–Trinajstić information content (AvgIpc) is 2.67. The van der Waals surface area contributed by atoms with E-state index in [9.17, 15) is 18.4 Å².